The summed E-state index contributed by atoms with van der Waals surface area (Å²) < 4.78 is 22.5. The van der Waals surface area contributed by atoms with Crippen molar-refractivity contribution in [2.45, 2.75) is 44.4 Å². The maximum absolute atomic E-state index is 12.2. The molecule has 1 aromatic rings. The van der Waals surface area contributed by atoms with Gasteiger partial charge in [0.25, 0.3) is 15.0 Å². The Morgan fingerprint density at radius 3 is 2.48 bits per heavy atom. The van der Waals surface area contributed by atoms with E-state index in [9.17, 15) is 13.2 Å². The molecule has 0 unspecified atom stereocenters. The van der Waals surface area contributed by atoms with Gasteiger partial charge in [0, 0.05) is 22.8 Å². The maximum atomic E-state index is 12.2. The van der Waals surface area contributed by atoms with Crippen LogP contribution in [0.25, 0.3) is 0 Å². The molecule has 116 valence electrons. The van der Waals surface area contributed by atoms with Gasteiger partial charge in [0.2, 0.25) is 0 Å². The third-order valence-corrected chi connectivity index (χ3v) is 5.56. The number of carbonyl (C=O) groups is 1. The van der Waals surface area contributed by atoms with Gasteiger partial charge in [-0.1, -0.05) is 19.8 Å². The topological polar surface area (TPSA) is 63.2 Å². The van der Waals surface area contributed by atoms with E-state index in [0.717, 1.165) is 12.8 Å². The van der Waals surface area contributed by atoms with Crippen LogP contribution in [0.5, 0.6) is 0 Å². The highest BCUT2D eigenvalue weighted by molar-refractivity contribution is 8.13. The van der Waals surface area contributed by atoms with Crippen LogP contribution in [0, 0.1) is 12.3 Å². The number of hydrogen-bond donors (Lipinski definition) is 1. The van der Waals surface area contributed by atoms with Gasteiger partial charge in [-0.25, -0.2) is 8.42 Å². The van der Waals surface area contributed by atoms with Crippen molar-refractivity contribution < 1.29 is 13.2 Å². The minimum absolute atomic E-state index is 0.0148. The van der Waals surface area contributed by atoms with Crippen molar-refractivity contribution in [2.24, 2.45) is 5.41 Å². The number of rotatable bonds is 4. The van der Waals surface area contributed by atoms with Crippen molar-refractivity contribution in [3.8, 4) is 0 Å². The van der Waals surface area contributed by atoms with E-state index in [-0.39, 0.29) is 16.2 Å². The molecule has 21 heavy (non-hydrogen) atoms. The number of halogens is 1. The lowest BCUT2D eigenvalue weighted by Gasteiger charge is -2.23. The van der Waals surface area contributed by atoms with Crippen molar-refractivity contribution in [2.75, 3.05) is 6.54 Å². The van der Waals surface area contributed by atoms with Gasteiger partial charge in [-0.3, -0.25) is 4.79 Å². The van der Waals surface area contributed by atoms with Crippen LogP contribution >= 0.6 is 10.7 Å². The monoisotopic (exact) mass is 329 g/mol. The summed E-state index contributed by atoms with van der Waals surface area (Å²) in [6.07, 6.45) is 4.70. The maximum Gasteiger partial charge on any atom is 0.261 e. The molecule has 0 aliphatic heterocycles. The first kappa shape index (κ1) is 16.3. The van der Waals surface area contributed by atoms with Crippen LogP contribution in [0.3, 0.4) is 0 Å². The Hall–Kier alpha value is -1.07. The smallest absolute Gasteiger partial charge is 0.261 e. The quantitative estimate of drug-likeness (QED) is 0.862. The highest BCUT2D eigenvalue weighted by Gasteiger charge is 2.29. The van der Waals surface area contributed by atoms with Crippen molar-refractivity contribution in [1.82, 2.24) is 5.32 Å². The molecule has 0 radical (unpaired) electrons. The van der Waals surface area contributed by atoms with Crippen molar-refractivity contribution in [3.63, 3.8) is 0 Å². The molecule has 6 heteroatoms. The van der Waals surface area contributed by atoms with Crippen molar-refractivity contribution in [1.29, 1.82) is 0 Å². The van der Waals surface area contributed by atoms with E-state index in [0.29, 0.717) is 17.7 Å². The zero-order chi connectivity index (χ0) is 15.7. The number of nitrogens with one attached hydrogen (secondary N) is 1. The molecule has 0 aromatic heterocycles. The van der Waals surface area contributed by atoms with Crippen molar-refractivity contribution >= 4 is 25.6 Å². The Morgan fingerprint density at radius 2 is 1.95 bits per heavy atom. The predicted molar refractivity (Wildman–Crippen MR) is 83.1 cm³/mol. The van der Waals surface area contributed by atoms with Gasteiger partial charge in [0.1, 0.15) is 0 Å². The Bertz CT molecular complexity index is 649. The number of amides is 1. The van der Waals surface area contributed by atoms with Crippen LogP contribution in [-0.4, -0.2) is 20.9 Å². The molecule has 0 spiro atoms. The first-order valence-electron chi connectivity index (χ1n) is 7.05. The Kier molecular flexibility index (Phi) is 4.63. The molecule has 0 bridgehead atoms. The van der Waals surface area contributed by atoms with Crippen LogP contribution in [0.4, 0.5) is 0 Å². The molecule has 1 aliphatic carbocycles. The summed E-state index contributed by atoms with van der Waals surface area (Å²) >= 11 is 0. The number of benzene rings is 1. The van der Waals surface area contributed by atoms with Gasteiger partial charge in [-0.2, -0.15) is 0 Å². The van der Waals surface area contributed by atoms with E-state index < -0.39 is 9.05 Å². The van der Waals surface area contributed by atoms with Gasteiger partial charge >= 0.3 is 0 Å². The van der Waals surface area contributed by atoms with E-state index in [1.165, 1.54) is 31.0 Å². The molecule has 1 N–H and O–H groups in total. The van der Waals surface area contributed by atoms with Gasteiger partial charge in [0.15, 0.2) is 0 Å². The third kappa shape index (κ3) is 3.98. The summed E-state index contributed by atoms with van der Waals surface area (Å²) in [6, 6.07) is 4.30. The fourth-order valence-electron chi connectivity index (χ4n) is 2.84. The molecule has 1 amide bonds. The second-order valence-corrected chi connectivity index (χ2v) is 8.68. The zero-order valence-corrected chi connectivity index (χ0v) is 13.9. The summed E-state index contributed by atoms with van der Waals surface area (Å²) in [5, 5.41) is 2.96. The lowest BCUT2D eigenvalue weighted by molar-refractivity contribution is 0.0933. The van der Waals surface area contributed by atoms with E-state index in [1.807, 2.05) is 0 Å². The summed E-state index contributed by atoms with van der Waals surface area (Å²) in [4.78, 5) is 12.2. The van der Waals surface area contributed by atoms with E-state index in [4.69, 9.17) is 10.7 Å². The highest BCUT2D eigenvalue weighted by Crippen LogP contribution is 2.36. The van der Waals surface area contributed by atoms with Crippen LogP contribution in [0.15, 0.2) is 23.1 Å². The first-order chi connectivity index (χ1) is 9.71. The number of carbonyl (C=O) groups excluding carboxylic acids is 1. The van der Waals surface area contributed by atoms with Gasteiger partial charge in [-0.05, 0) is 48.9 Å². The third-order valence-electron chi connectivity index (χ3n) is 4.21. The number of aryl methyl sites for hydroxylation is 1. The lowest BCUT2D eigenvalue weighted by atomic mass is 9.89. The molecule has 0 atom stereocenters. The van der Waals surface area contributed by atoms with Gasteiger partial charge in [-0.15, -0.1) is 0 Å². The summed E-state index contributed by atoms with van der Waals surface area (Å²) in [5.74, 6) is -0.167. The molecule has 1 saturated carbocycles. The molecule has 0 heterocycles. The van der Waals surface area contributed by atoms with E-state index >= 15 is 0 Å². The highest BCUT2D eigenvalue weighted by atomic mass is 35.7. The zero-order valence-electron chi connectivity index (χ0n) is 12.3. The molecule has 0 saturated heterocycles. The van der Waals surface area contributed by atoms with Crippen LogP contribution < -0.4 is 5.32 Å². The summed E-state index contributed by atoms with van der Waals surface area (Å²) in [5.41, 5.74) is 1.27. The minimum Gasteiger partial charge on any atom is -0.351 e. The normalized spacial score (nSPS) is 17.7. The molecular formula is C15H20ClNO3S. The summed E-state index contributed by atoms with van der Waals surface area (Å²) in [7, 11) is 1.54. The molecule has 1 fully saturated rings. The molecule has 1 aliphatic rings. The molecule has 4 nitrogen and oxygen atoms in total. The standard InChI is InChI=1S/C15H20ClNO3S/c1-11-9-12(21(16,19)20)5-6-13(11)14(18)17-10-15(2)7-3-4-8-15/h5-6,9H,3-4,7-8,10H2,1-2H3,(H,17,18). The van der Waals surface area contributed by atoms with Crippen molar-refractivity contribution in [3.05, 3.63) is 29.3 Å². The average Bonchev–Trinajstić information content (AvgIpc) is 2.82. The predicted octanol–water partition coefficient (Wildman–Crippen LogP) is 3.23. The summed E-state index contributed by atoms with van der Waals surface area (Å²) in [6.45, 7) is 4.55. The fourth-order valence-corrected chi connectivity index (χ4v) is 3.67. The number of hydrogen-bond acceptors (Lipinski definition) is 3. The van der Waals surface area contributed by atoms with E-state index in [2.05, 4.69) is 12.2 Å². The SMILES string of the molecule is Cc1cc(S(=O)(=O)Cl)ccc1C(=O)NCC1(C)CCCC1. The Balaban J connectivity index is 2.09. The van der Waals surface area contributed by atoms with Gasteiger partial charge < -0.3 is 5.32 Å². The lowest BCUT2D eigenvalue weighted by Crippen LogP contribution is -2.34. The van der Waals surface area contributed by atoms with Crippen LogP contribution in [0.1, 0.15) is 48.5 Å². The minimum atomic E-state index is -3.76. The van der Waals surface area contributed by atoms with Crippen LogP contribution in [0.2, 0.25) is 0 Å². The molecule has 1 aromatic carbocycles. The Morgan fingerprint density at radius 1 is 1.33 bits per heavy atom. The first-order valence-corrected chi connectivity index (χ1v) is 9.36. The van der Waals surface area contributed by atoms with Gasteiger partial charge in [0.05, 0.1) is 4.90 Å². The van der Waals surface area contributed by atoms with Crippen LogP contribution in [-0.2, 0) is 9.05 Å². The molecule has 2 rings (SSSR count). The second kappa shape index (κ2) is 5.97. The van der Waals surface area contributed by atoms with E-state index in [1.54, 1.807) is 6.92 Å². The fraction of sp³-hybridized carbons (Fsp3) is 0.533. The second-order valence-electron chi connectivity index (χ2n) is 6.12. The largest absolute Gasteiger partial charge is 0.351 e. The molecular weight excluding hydrogens is 310 g/mol. The average molecular weight is 330 g/mol. The Labute approximate surface area is 130 Å².